The molecule has 1 aromatic rings. The summed E-state index contributed by atoms with van der Waals surface area (Å²) in [6, 6.07) is 5.66. The lowest BCUT2D eigenvalue weighted by molar-refractivity contribution is -0.119. The van der Waals surface area contributed by atoms with E-state index in [4.69, 9.17) is 11.0 Å². The van der Waals surface area contributed by atoms with Gasteiger partial charge in [0.05, 0.1) is 12.1 Å². The first kappa shape index (κ1) is 12.3. The van der Waals surface area contributed by atoms with Gasteiger partial charge in [-0.3, -0.25) is 9.69 Å². The van der Waals surface area contributed by atoms with Crippen LogP contribution in [0.1, 0.15) is 5.56 Å². The fraction of sp³-hybridized carbons (Fsp3) is 0.417. The van der Waals surface area contributed by atoms with Crippen molar-refractivity contribution in [2.75, 3.05) is 37.6 Å². The van der Waals surface area contributed by atoms with Gasteiger partial charge in [0.25, 0.3) is 0 Å². The average molecular weight is 245 g/mol. The molecule has 6 nitrogen and oxygen atoms in total. The number of hydrogen-bond donors (Lipinski definition) is 1. The lowest BCUT2D eigenvalue weighted by Gasteiger charge is -2.34. The summed E-state index contributed by atoms with van der Waals surface area (Å²) in [4.78, 5) is 19.2. The number of piperazine rings is 1. The molecule has 18 heavy (non-hydrogen) atoms. The lowest BCUT2D eigenvalue weighted by Crippen LogP contribution is -2.49. The van der Waals surface area contributed by atoms with Gasteiger partial charge in [0.2, 0.25) is 5.91 Å². The largest absolute Gasteiger partial charge is 0.369 e. The van der Waals surface area contributed by atoms with Gasteiger partial charge in [-0.25, -0.2) is 4.98 Å². The minimum Gasteiger partial charge on any atom is -0.369 e. The number of hydrogen-bond acceptors (Lipinski definition) is 5. The first-order chi connectivity index (χ1) is 8.70. The molecule has 6 heteroatoms. The molecular formula is C12H15N5O. The van der Waals surface area contributed by atoms with Crippen molar-refractivity contribution < 1.29 is 4.79 Å². The zero-order valence-corrected chi connectivity index (χ0v) is 10.0. The van der Waals surface area contributed by atoms with Crippen LogP contribution < -0.4 is 10.6 Å². The van der Waals surface area contributed by atoms with E-state index in [-0.39, 0.29) is 5.91 Å². The monoisotopic (exact) mass is 245 g/mol. The zero-order valence-electron chi connectivity index (χ0n) is 10.0. The molecule has 1 saturated heterocycles. The SMILES string of the molecule is N#Cc1cccnc1N1CCN(CC(N)=O)CC1. The maximum absolute atomic E-state index is 10.8. The topological polar surface area (TPSA) is 86.2 Å². The number of amides is 1. The number of carbonyl (C=O) groups is 1. The standard InChI is InChI=1S/C12H15N5O/c13-8-10-2-1-3-15-12(10)17-6-4-16(5-7-17)9-11(14)18/h1-3H,4-7,9H2,(H2,14,18). The average Bonchev–Trinajstić information content (AvgIpc) is 2.39. The van der Waals surface area contributed by atoms with Crippen LogP contribution >= 0.6 is 0 Å². The molecule has 0 atom stereocenters. The van der Waals surface area contributed by atoms with E-state index in [1.807, 2.05) is 4.90 Å². The van der Waals surface area contributed by atoms with E-state index in [0.717, 1.165) is 32.0 Å². The molecule has 2 heterocycles. The molecule has 1 aliphatic rings. The highest BCUT2D eigenvalue weighted by molar-refractivity contribution is 5.76. The molecule has 1 aliphatic heterocycles. The molecule has 1 aromatic heterocycles. The highest BCUT2D eigenvalue weighted by Crippen LogP contribution is 2.17. The van der Waals surface area contributed by atoms with Crippen LogP contribution in [-0.4, -0.2) is 48.5 Å². The van der Waals surface area contributed by atoms with Crippen LogP contribution in [0.25, 0.3) is 0 Å². The Bertz CT molecular complexity index is 474. The molecule has 94 valence electrons. The molecule has 0 spiro atoms. The van der Waals surface area contributed by atoms with Gasteiger partial charge in [-0.05, 0) is 12.1 Å². The first-order valence-corrected chi connectivity index (χ1v) is 5.81. The number of primary amides is 1. The number of carbonyl (C=O) groups excluding carboxylic acids is 1. The molecule has 0 radical (unpaired) electrons. The van der Waals surface area contributed by atoms with Crippen molar-refractivity contribution in [1.29, 1.82) is 5.26 Å². The van der Waals surface area contributed by atoms with Gasteiger partial charge in [-0.15, -0.1) is 0 Å². The third-order valence-corrected chi connectivity index (χ3v) is 2.96. The number of nitrogens with zero attached hydrogens (tertiary/aromatic N) is 4. The Morgan fingerprint density at radius 3 is 2.78 bits per heavy atom. The van der Waals surface area contributed by atoms with Gasteiger partial charge in [0.15, 0.2) is 0 Å². The molecule has 0 unspecified atom stereocenters. The maximum atomic E-state index is 10.8. The van der Waals surface area contributed by atoms with Crippen LogP contribution in [0, 0.1) is 11.3 Å². The fourth-order valence-electron chi connectivity index (χ4n) is 2.07. The lowest BCUT2D eigenvalue weighted by atomic mass is 10.2. The molecule has 0 bridgehead atoms. The van der Waals surface area contributed by atoms with Crippen molar-refractivity contribution in [1.82, 2.24) is 9.88 Å². The van der Waals surface area contributed by atoms with E-state index >= 15 is 0 Å². The number of nitriles is 1. The molecular weight excluding hydrogens is 230 g/mol. The van der Waals surface area contributed by atoms with Crippen molar-refractivity contribution in [3.05, 3.63) is 23.9 Å². The molecule has 0 aromatic carbocycles. The van der Waals surface area contributed by atoms with Gasteiger partial charge in [0.1, 0.15) is 11.9 Å². The third kappa shape index (κ3) is 2.76. The van der Waals surface area contributed by atoms with Crippen molar-refractivity contribution in [2.45, 2.75) is 0 Å². The number of pyridine rings is 1. The number of anilines is 1. The summed E-state index contributed by atoms with van der Waals surface area (Å²) in [5, 5.41) is 9.03. The van der Waals surface area contributed by atoms with Gasteiger partial charge in [0, 0.05) is 32.4 Å². The molecule has 1 amide bonds. The van der Waals surface area contributed by atoms with Crippen LogP contribution in [0.5, 0.6) is 0 Å². The minimum absolute atomic E-state index is 0.293. The van der Waals surface area contributed by atoms with E-state index in [1.165, 1.54) is 0 Å². The summed E-state index contributed by atoms with van der Waals surface area (Å²) in [7, 11) is 0. The van der Waals surface area contributed by atoms with Crippen molar-refractivity contribution in [3.63, 3.8) is 0 Å². The predicted molar refractivity (Wildman–Crippen MR) is 66.8 cm³/mol. The highest BCUT2D eigenvalue weighted by atomic mass is 16.1. The van der Waals surface area contributed by atoms with Gasteiger partial charge in [-0.2, -0.15) is 5.26 Å². The Labute approximate surface area is 106 Å². The van der Waals surface area contributed by atoms with E-state index in [1.54, 1.807) is 18.3 Å². The summed E-state index contributed by atoms with van der Waals surface area (Å²) < 4.78 is 0. The minimum atomic E-state index is -0.306. The van der Waals surface area contributed by atoms with E-state index in [0.29, 0.717) is 12.1 Å². The Kier molecular flexibility index (Phi) is 3.75. The Morgan fingerprint density at radius 1 is 1.44 bits per heavy atom. The number of aromatic nitrogens is 1. The number of nitrogens with two attached hydrogens (primary N) is 1. The second-order valence-corrected chi connectivity index (χ2v) is 4.22. The summed E-state index contributed by atoms with van der Waals surface area (Å²) in [5.41, 5.74) is 5.75. The van der Waals surface area contributed by atoms with Crippen LogP contribution in [0.3, 0.4) is 0 Å². The highest BCUT2D eigenvalue weighted by Gasteiger charge is 2.20. The predicted octanol–water partition coefficient (Wildman–Crippen LogP) is -0.439. The third-order valence-electron chi connectivity index (χ3n) is 2.96. The summed E-state index contributed by atoms with van der Waals surface area (Å²) in [5.74, 6) is 0.415. The van der Waals surface area contributed by atoms with Gasteiger partial charge >= 0.3 is 0 Å². The molecule has 0 saturated carbocycles. The Balaban J connectivity index is 2.01. The quantitative estimate of drug-likeness (QED) is 0.780. The Morgan fingerprint density at radius 2 is 2.17 bits per heavy atom. The second kappa shape index (κ2) is 5.47. The molecule has 2 N–H and O–H groups in total. The number of rotatable bonds is 3. The normalized spacial score (nSPS) is 16.3. The summed E-state index contributed by atoms with van der Waals surface area (Å²) in [6.45, 7) is 3.30. The Hall–Kier alpha value is -2.13. The molecule has 1 fully saturated rings. The van der Waals surface area contributed by atoms with Gasteiger partial charge < -0.3 is 10.6 Å². The van der Waals surface area contributed by atoms with Crippen molar-refractivity contribution in [2.24, 2.45) is 5.73 Å². The van der Waals surface area contributed by atoms with Crippen LogP contribution in [0.2, 0.25) is 0 Å². The van der Waals surface area contributed by atoms with Crippen molar-refractivity contribution in [3.8, 4) is 6.07 Å². The second-order valence-electron chi connectivity index (χ2n) is 4.22. The summed E-state index contributed by atoms with van der Waals surface area (Å²) >= 11 is 0. The first-order valence-electron chi connectivity index (χ1n) is 5.81. The van der Waals surface area contributed by atoms with E-state index < -0.39 is 0 Å². The fourth-order valence-corrected chi connectivity index (χ4v) is 2.07. The molecule has 0 aliphatic carbocycles. The van der Waals surface area contributed by atoms with E-state index in [2.05, 4.69) is 16.0 Å². The smallest absolute Gasteiger partial charge is 0.231 e. The van der Waals surface area contributed by atoms with Crippen molar-refractivity contribution >= 4 is 11.7 Å². The van der Waals surface area contributed by atoms with E-state index in [9.17, 15) is 4.79 Å². The van der Waals surface area contributed by atoms with Crippen LogP contribution in [0.15, 0.2) is 18.3 Å². The van der Waals surface area contributed by atoms with Gasteiger partial charge in [-0.1, -0.05) is 0 Å². The van der Waals surface area contributed by atoms with Crippen LogP contribution in [-0.2, 0) is 4.79 Å². The maximum Gasteiger partial charge on any atom is 0.231 e. The van der Waals surface area contributed by atoms with Crippen LogP contribution in [0.4, 0.5) is 5.82 Å². The molecule has 2 rings (SSSR count). The summed E-state index contributed by atoms with van der Waals surface area (Å²) in [6.07, 6.45) is 1.69. The zero-order chi connectivity index (χ0) is 13.0.